The highest BCUT2D eigenvalue weighted by atomic mass is 32.2. The Labute approximate surface area is 149 Å². The minimum atomic E-state index is 1.04. The van der Waals surface area contributed by atoms with Gasteiger partial charge in [0.2, 0.25) is 0 Å². The Balaban J connectivity index is 1.63. The molecule has 1 fully saturated rings. The third kappa shape index (κ3) is 2.84. The van der Waals surface area contributed by atoms with Crippen molar-refractivity contribution in [2.45, 2.75) is 36.5 Å². The monoisotopic (exact) mass is 339 g/mol. The molecule has 0 unspecified atom stereocenters. The lowest BCUT2D eigenvalue weighted by Crippen LogP contribution is -2.21. The number of hydrogen-bond donors (Lipinski definition) is 1. The van der Waals surface area contributed by atoms with E-state index >= 15 is 0 Å². The van der Waals surface area contributed by atoms with Gasteiger partial charge < -0.3 is 15.1 Å². The molecule has 2 aromatic rings. The Hall–Kier alpha value is -1.81. The second-order valence-electron chi connectivity index (χ2n) is 6.45. The van der Waals surface area contributed by atoms with Gasteiger partial charge in [-0.2, -0.15) is 0 Å². The van der Waals surface area contributed by atoms with E-state index in [0.29, 0.717) is 0 Å². The van der Waals surface area contributed by atoms with Crippen molar-refractivity contribution < 1.29 is 0 Å². The minimum Gasteiger partial charge on any atom is -0.372 e. The summed E-state index contributed by atoms with van der Waals surface area (Å²) in [6.45, 7) is 8.91. The fourth-order valence-electron chi connectivity index (χ4n) is 3.62. The summed E-state index contributed by atoms with van der Waals surface area (Å²) < 4.78 is 0. The van der Waals surface area contributed by atoms with Crippen LogP contribution < -0.4 is 15.1 Å². The number of nitrogens with one attached hydrogen (secondary N) is 1. The molecule has 2 heterocycles. The fourth-order valence-corrected chi connectivity index (χ4v) is 4.67. The number of benzene rings is 2. The third-order valence-electron chi connectivity index (χ3n) is 5.02. The predicted molar refractivity (Wildman–Crippen MR) is 105 cm³/mol. The number of nitrogens with zero attached hydrogens (tertiary/aromatic N) is 2. The van der Waals surface area contributed by atoms with Gasteiger partial charge in [0.15, 0.2) is 0 Å². The van der Waals surface area contributed by atoms with E-state index in [0.717, 1.165) is 13.1 Å². The van der Waals surface area contributed by atoms with Gasteiger partial charge in [-0.15, -0.1) is 0 Å². The van der Waals surface area contributed by atoms with Crippen molar-refractivity contribution in [3.63, 3.8) is 0 Å². The highest BCUT2D eigenvalue weighted by molar-refractivity contribution is 7.99. The fraction of sp³-hybridized carbons (Fsp3) is 0.400. The third-order valence-corrected chi connectivity index (χ3v) is 6.13. The molecule has 4 rings (SSSR count). The number of fused-ring (bicyclic) bond motifs is 2. The molecule has 4 heteroatoms. The van der Waals surface area contributed by atoms with Gasteiger partial charge in [0, 0.05) is 47.3 Å². The summed E-state index contributed by atoms with van der Waals surface area (Å²) in [6, 6.07) is 13.6. The zero-order valence-electron chi connectivity index (χ0n) is 14.5. The summed E-state index contributed by atoms with van der Waals surface area (Å²) in [4.78, 5) is 7.56. The average molecular weight is 340 g/mol. The van der Waals surface area contributed by atoms with Crippen LogP contribution in [0.15, 0.2) is 46.2 Å². The van der Waals surface area contributed by atoms with Crippen molar-refractivity contribution in [3.05, 3.63) is 36.4 Å². The molecule has 0 aromatic heterocycles. The van der Waals surface area contributed by atoms with Crippen molar-refractivity contribution in [1.82, 2.24) is 0 Å². The summed E-state index contributed by atoms with van der Waals surface area (Å²) in [5.74, 6) is 0. The molecular weight excluding hydrogens is 314 g/mol. The second-order valence-corrected chi connectivity index (χ2v) is 7.54. The molecule has 2 aromatic carbocycles. The van der Waals surface area contributed by atoms with Crippen molar-refractivity contribution in [3.8, 4) is 0 Å². The highest BCUT2D eigenvalue weighted by Gasteiger charge is 2.19. The lowest BCUT2D eigenvalue weighted by atomic mass is 10.2. The van der Waals surface area contributed by atoms with Crippen LogP contribution in [-0.2, 0) is 0 Å². The SMILES string of the molecule is CCN(CC)c1ccc2c(c1)Sc1cc(N3CCCC3)ccc1N2. The van der Waals surface area contributed by atoms with E-state index in [1.165, 1.54) is 58.5 Å². The van der Waals surface area contributed by atoms with E-state index in [9.17, 15) is 0 Å². The molecule has 126 valence electrons. The zero-order valence-corrected chi connectivity index (χ0v) is 15.3. The first kappa shape index (κ1) is 15.7. The van der Waals surface area contributed by atoms with Gasteiger partial charge >= 0.3 is 0 Å². The Kier molecular flexibility index (Phi) is 4.31. The lowest BCUT2D eigenvalue weighted by Gasteiger charge is -2.27. The Bertz CT molecular complexity index is 684. The zero-order chi connectivity index (χ0) is 16.5. The van der Waals surface area contributed by atoms with E-state index in [1.807, 2.05) is 11.8 Å². The molecule has 1 saturated heterocycles. The van der Waals surface area contributed by atoms with Crippen molar-refractivity contribution in [2.24, 2.45) is 0 Å². The van der Waals surface area contributed by atoms with Gasteiger partial charge in [-0.25, -0.2) is 0 Å². The molecule has 0 saturated carbocycles. The van der Waals surface area contributed by atoms with Crippen molar-refractivity contribution >= 4 is 34.5 Å². The molecule has 0 atom stereocenters. The van der Waals surface area contributed by atoms with Gasteiger partial charge in [-0.3, -0.25) is 0 Å². The predicted octanol–water partition coefficient (Wildman–Crippen LogP) is 5.34. The molecule has 0 aliphatic carbocycles. The van der Waals surface area contributed by atoms with Crippen LogP contribution in [0.2, 0.25) is 0 Å². The van der Waals surface area contributed by atoms with Gasteiger partial charge in [-0.1, -0.05) is 11.8 Å². The normalized spacial score (nSPS) is 15.7. The van der Waals surface area contributed by atoms with Crippen LogP contribution >= 0.6 is 11.8 Å². The number of rotatable bonds is 4. The largest absolute Gasteiger partial charge is 0.372 e. The molecule has 2 aliphatic rings. The first-order valence-electron chi connectivity index (χ1n) is 9.01. The molecule has 1 N–H and O–H groups in total. The Morgan fingerprint density at radius 1 is 0.958 bits per heavy atom. The lowest BCUT2D eigenvalue weighted by molar-refractivity contribution is 0.864. The Morgan fingerprint density at radius 2 is 1.62 bits per heavy atom. The summed E-state index contributed by atoms with van der Waals surface area (Å²) in [5, 5.41) is 3.60. The molecule has 0 spiro atoms. The summed E-state index contributed by atoms with van der Waals surface area (Å²) >= 11 is 1.89. The molecule has 3 nitrogen and oxygen atoms in total. The van der Waals surface area contributed by atoms with Crippen LogP contribution in [-0.4, -0.2) is 26.2 Å². The van der Waals surface area contributed by atoms with Gasteiger partial charge in [-0.05, 0) is 63.1 Å². The van der Waals surface area contributed by atoms with Crippen LogP contribution in [0.3, 0.4) is 0 Å². The number of anilines is 4. The van der Waals surface area contributed by atoms with Crippen LogP contribution in [0.25, 0.3) is 0 Å². The quantitative estimate of drug-likeness (QED) is 0.691. The summed E-state index contributed by atoms with van der Waals surface area (Å²) in [5.41, 5.74) is 5.12. The van der Waals surface area contributed by atoms with Gasteiger partial charge in [0.1, 0.15) is 0 Å². The van der Waals surface area contributed by atoms with Crippen LogP contribution in [0.4, 0.5) is 22.7 Å². The standard InChI is InChI=1S/C20H25N3S/c1-3-22(4-2)15-7-9-17-19(13-15)24-20-14-16(8-10-18(20)21-17)23-11-5-6-12-23/h7-10,13-14,21H,3-6,11-12H2,1-2H3. The first-order valence-corrected chi connectivity index (χ1v) is 9.83. The van der Waals surface area contributed by atoms with Crippen LogP contribution in [0.5, 0.6) is 0 Å². The molecule has 0 amide bonds. The van der Waals surface area contributed by atoms with E-state index in [2.05, 4.69) is 65.4 Å². The topological polar surface area (TPSA) is 18.5 Å². The maximum atomic E-state index is 3.60. The van der Waals surface area contributed by atoms with Gasteiger partial charge in [0.25, 0.3) is 0 Å². The summed E-state index contributed by atoms with van der Waals surface area (Å²) in [7, 11) is 0. The number of hydrogen-bond acceptors (Lipinski definition) is 4. The highest BCUT2D eigenvalue weighted by Crippen LogP contribution is 2.46. The van der Waals surface area contributed by atoms with Crippen molar-refractivity contribution in [1.29, 1.82) is 0 Å². The smallest absolute Gasteiger partial charge is 0.0527 e. The van der Waals surface area contributed by atoms with Crippen molar-refractivity contribution in [2.75, 3.05) is 41.3 Å². The summed E-state index contributed by atoms with van der Waals surface area (Å²) in [6.07, 6.45) is 2.64. The maximum Gasteiger partial charge on any atom is 0.0527 e. The maximum absolute atomic E-state index is 3.60. The van der Waals surface area contributed by atoms with Crippen LogP contribution in [0, 0.1) is 0 Å². The van der Waals surface area contributed by atoms with E-state index in [1.54, 1.807) is 0 Å². The Morgan fingerprint density at radius 3 is 2.33 bits per heavy atom. The second kappa shape index (κ2) is 6.60. The first-order chi connectivity index (χ1) is 11.8. The minimum absolute atomic E-state index is 1.04. The molecule has 0 bridgehead atoms. The average Bonchev–Trinajstić information content (AvgIpc) is 3.15. The van der Waals surface area contributed by atoms with E-state index in [-0.39, 0.29) is 0 Å². The van der Waals surface area contributed by atoms with Gasteiger partial charge in [0.05, 0.1) is 11.4 Å². The molecule has 0 radical (unpaired) electrons. The van der Waals surface area contributed by atoms with E-state index < -0.39 is 0 Å². The molecule has 2 aliphatic heterocycles. The van der Waals surface area contributed by atoms with E-state index in [4.69, 9.17) is 0 Å². The van der Waals surface area contributed by atoms with Crippen LogP contribution in [0.1, 0.15) is 26.7 Å². The molecular formula is C20H25N3S. The molecule has 24 heavy (non-hydrogen) atoms.